The second kappa shape index (κ2) is 6.57. The van der Waals surface area contributed by atoms with Crippen LogP contribution in [0.25, 0.3) is 11.3 Å². The second-order valence-corrected chi connectivity index (χ2v) is 6.61. The summed E-state index contributed by atoms with van der Waals surface area (Å²) in [6.07, 6.45) is 5.17. The first-order valence-electron chi connectivity index (χ1n) is 8.34. The Morgan fingerprint density at radius 2 is 2.13 bits per heavy atom. The van der Waals surface area contributed by atoms with E-state index in [1.54, 1.807) is 6.20 Å². The van der Waals surface area contributed by atoms with Gasteiger partial charge < -0.3 is 9.73 Å². The lowest BCUT2D eigenvalue weighted by Crippen LogP contribution is -2.34. The van der Waals surface area contributed by atoms with E-state index in [2.05, 4.69) is 43.2 Å². The molecule has 4 heteroatoms. The molecule has 1 amide bonds. The first-order chi connectivity index (χ1) is 11.0. The summed E-state index contributed by atoms with van der Waals surface area (Å²) in [6.45, 7) is 6.26. The predicted molar refractivity (Wildman–Crippen MR) is 90.1 cm³/mol. The molecular formula is C19H24N2O2. The zero-order valence-corrected chi connectivity index (χ0v) is 14.1. The zero-order valence-electron chi connectivity index (χ0n) is 14.1. The monoisotopic (exact) mass is 312 g/mol. The average Bonchev–Trinajstić information content (AvgIpc) is 3.27. The number of rotatable bonds is 6. The molecule has 1 aliphatic rings. The maximum Gasteiger partial charge on any atom is 0.220 e. The van der Waals surface area contributed by atoms with Gasteiger partial charge in [0.25, 0.3) is 0 Å². The van der Waals surface area contributed by atoms with Gasteiger partial charge in [-0.25, -0.2) is 4.98 Å². The summed E-state index contributed by atoms with van der Waals surface area (Å²) in [5.74, 6) is 2.13. The summed E-state index contributed by atoms with van der Waals surface area (Å²) < 4.78 is 5.79. The largest absolute Gasteiger partial charge is 0.441 e. The average molecular weight is 312 g/mol. The van der Waals surface area contributed by atoms with E-state index in [0.29, 0.717) is 24.7 Å². The Bertz CT molecular complexity index is 701. The molecule has 1 aliphatic carbocycles. The zero-order chi connectivity index (χ0) is 16.4. The summed E-state index contributed by atoms with van der Waals surface area (Å²) in [6, 6.07) is 6.51. The molecule has 0 aliphatic heterocycles. The van der Waals surface area contributed by atoms with Crippen molar-refractivity contribution in [3.8, 4) is 11.3 Å². The highest BCUT2D eigenvalue weighted by Gasteiger charge is 2.28. The van der Waals surface area contributed by atoms with Gasteiger partial charge in [-0.15, -0.1) is 0 Å². The van der Waals surface area contributed by atoms with Crippen molar-refractivity contribution in [3.63, 3.8) is 0 Å². The lowest BCUT2D eigenvalue weighted by atomic mass is 10.1. The normalized spacial score (nSPS) is 15.4. The van der Waals surface area contributed by atoms with Crippen molar-refractivity contribution >= 4 is 5.91 Å². The fourth-order valence-corrected chi connectivity index (χ4v) is 2.71. The number of carbonyl (C=O) groups is 1. The Morgan fingerprint density at radius 1 is 1.35 bits per heavy atom. The summed E-state index contributed by atoms with van der Waals surface area (Å²) in [5, 5.41) is 3.06. The van der Waals surface area contributed by atoms with E-state index in [9.17, 15) is 4.79 Å². The number of hydrogen-bond acceptors (Lipinski definition) is 3. The maximum atomic E-state index is 11.9. The Morgan fingerprint density at radius 3 is 2.83 bits per heavy atom. The highest BCUT2D eigenvalue weighted by atomic mass is 16.4. The van der Waals surface area contributed by atoms with Crippen LogP contribution in [0.3, 0.4) is 0 Å². The van der Waals surface area contributed by atoms with E-state index in [1.807, 2.05) is 6.07 Å². The van der Waals surface area contributed by atoms with Crippen LogP contribution in [0, 0.1) is 19.8 Å². The lowest BCUT2D eigenvalue weighted by Gasteiger charge is -2.11. The number of nitrogens with one attached hydrogen (secondary N) is 1. The number of aryl methyl sites for hydroxylation is 3. The predicted octanol–water partition coefficient (Wildman–Crippen LogP) is 3.81. The van der Waals surface area contributed by atoms with Crippen molar-refractivity contribution in [3.05, 3.63) is 41.4 Å². The van der Waals surface area contributed by atoms with Crippen molar-refractivity contribution in [1.29, 1.82) is 0 Å². The molecular weight excluding hydrogens is 288 g/mol. The van der Waals surface area contributed by atoms with E-state index >= 15 is 0 Å². The maximum absolute atomic E-state index is 11.9. The third-order valence-corrected chi connectivity index (χ3v) is 4.63. The molecule has 3 rings (SSSR count). The highest BCUT2D eigenvalue weighted by Crippen LogP contribution is 2.32. The van der Waals surface area contributed by atoms with Gasteiger partial charge in [0.05, 0.1) is 6.20 Å². The van der Waals surface area contributed by atoms with Crippen LogP contribution in [-0.4, -0.2) is 16.9 Å². The lowest BCUT2D eigenvalue weighted by molar-refractivity contribution is -0.121. The standard InChI is InChI=1S/C19H24N2O2/c1-12-4-5-16(10-13(12)2)17-11-20-19(23-17)9-8-18(22)21-14(3)15-6-7-15/h4-5,10-11,14-15H,6-9H2,1-3H3,(H,21,22)/t14-/m1/s1. The number of hydrogen-bond donors (Lipinski definition) is 1. The van der Waals surface area contributed by atoms with Gasteiger partial charge in [0.1, 0.15) is 0 Å². The highest BCUT2D eigenvalue weighted by molar-refractivity contribution is 5.76. The molecule has 1 fully saturated rings. The van der Waals surface area contributed by atoms with Crippen molar-refractivity contribution in [2.75, 3.05) is 0 Å². The van der Waals surface area contributed by atoms with Crippen LogP contribution >= 0.6 is 0 Å². The Kier molecular flexibility index (Phi) is 4.51. The molecule has 1 N–H and O–H groups in total. The van der Waals surface area contributed by atoms with Gasteiger partial charge in [-0.3, -0.25) is 4.79 Å². The molecule has 4 nitrogen and oxygen atoms in total. The molecule has 0 saturated heterocycles. The van der Waals surface area contributed by atoms with Crippen LogP contribution in [0.5, 0.6) is 0 Å². The SMILES string of the molecule is Cc1ccc(-c2cnc(CCC(=O)N[C@H](C)C3CC3)o2)cc1C. The third-order valence-electron chi connectivity index (χ3n) is 4.63. The summed E-state index contributed by atoms with van der Waals surface area (Å²) >= 11 is 0. The van der Waals surface area contributed by atoms with E-state index in [1.165, 1.54) is 24.0 Å². The van der Waals surface area contributed by atoms with E-state index < -0.39 is 0 Å². The quantitative estimate of drug-likeness (QED) is 0.882. The summed E-state index contributed by atoms with van der Waals surface area (Å²) in [5.41, 5.74) is 3.52. The van der Waals surface area contributed by atoms with Gasteiger partial charge in [-0.05, 0) is 56.7 Å². The molecule has 1 aromatic heterocycles. The second-order valence-electron chi connectivity index (χ2n) is 6.61. The first kappa shape index (κ1) is 15.8. The van der Waals surface area contributed by atoms with E-state index in [4.69, 9.17) is 4.42 Å². The summed E-state index contributed by atoms with van der Waals surface area (Å²) in [4.78, 5) is 16.2. The fraction of sp³-hybridized carbons (Fsp3) is 0.474. The van der Waals surface area contributed by atoms with Gasteiger partial charge in [-0.2, -0.15) is 0 Å². The molecule has 0 spiro atoms. The fourth-order valence-electron chi connectivity index (χ4n) is 2.71. The molecule has 1 saturated carbocycles. The van der Waals surface area contributed by atoms with Crippen LogP contribution in [0.15, 0.2) is 28.8 Å². The number of oxazole rings is 1. The molecule has 0 bridgehead atoms. The number of aromatic nitrogens is 1. The van der Waals surface area contributed by atoms with Gasteiger partial charge in [0.15, 0.2) is 11.7 Å². The van der Waals surface area contributed by atoms with E-state index in [0.717, 1.165) is 11.3 Å². The van der Waals surface area contributed by atoms with Crippen LogP contribution in [0.4, 0.5) is 0 Å². The minimum absolute atomic E-state index is 0.0790. The molecule has 0 radical (unpaired) electrons. The van der Waals surface area contributed by atoms with Crippen molar-refractivity contribution in [1.82, 2.24) is 10.3 Å². The molecule has 1 atom stereocenters. The Labute approximate surface area is 137 Å². The number of amides is 1. The minimum atomic E-state index is 0.0790. The molecule has 1 heterocycles. The van der Waals surface area contributed by atoms with Gasteiger partial charge in [0.2, 0.25) is 5.91 Å². The van der Waals surface area contributed by atoms with Crippen molar-refractivity contribution in [2.45, 2.75) is 52.5 Å². The number of nitrogens with zero attached hydrogens (tertiary/aromatic N) is 1. The van der Waals surface area contributed by atoms with Gasteiger partial charge >= 0.3 is 0 Å². The smallest absolute Gasteiger partial charge is 0.220 e. The number of carbonyl (C=O) groups excluding carboxylic acids is 1. The van der Waals surface area contributed by atoms with Crippen LogP contribution in [0.2, 0.25) is 0 Å². The van der Waals surface area contributed by atoms with Crippen LogP contribution in [-0.2, 0) is 11.2 Å². The molecule has 1 aromatic carbocycles. The van der Waals surface area contributed by atoms with Crippen molar-refractivity contribution in [2.24, 2.45) is 5.92 Å². The molecule has 122 valence electrons. The summed E-state index contributed by atoms with van der Waals surface area (Å²) in [7, 11) is 0. The Balaban J connectivity index is 1.56. The first-order valence-corrected chi connectivity index (χ1v) is 8.34. The molecule has 2 aromatic rings. The molecule has 0 unspecified atom stereocenters. The van der Waals surface area contributed by atoms with Crippen LogP contribution in [0.1, 0.15) is 43.2 Å². The number of benzene rings is 1. The topological polar surface area (TPSA) is 55.1 Å². The minimum Gasteiger partial charge on any atom is -0.441 e. The third kappa shape index (κ3) is 4.01. The van der Waals surface area contributed by atoms with Crippen LogP contribution < -0.4 is 5.32 Å². The Hall–Kier alpha value is -2.10. The van der Waals surface area contributed by atoms with Gasteiger partial charge in [-0.1, -0.05) is 12.1 Å². The van der Waals surface area contributed by atoms with E-state index in [-0.39, 0.29) is 11.9 Å². The van der Waals surface area contributed by atoms with Gasteiger partial charge in [0, 0.05) is 24.4 Å². The van der Waals surface area contributed by atoms with Crippen molar-refractivity contribution < 1.29 is 9.21 Å². The molecule has 23 heavy (non-hydrogen) atoms.